The molecule has 1 heterocycles. The smallest absolute Gasteiger partial charge is 0.163 e. The van der Waals surface area contributed by atoms with E-state index in [1.54, 1.807) is 12.1 Å². The SMILES string of the molecule is CC1(C)O[C@@H]([C@@H](Cc2ccccc2)NCc2ccccc2)[C@H]([C@@H](Cc2ccccc2)NCc2ccc(F)c(C#N)c2)O1. The summed E-state index contributed by atoms with van der Waals surface area (Å²) < 4.78 is 27.4. The van der Waals surface area contributed by atoms with E-state index in [1.807, 2.05) is 50.2 Å². The van der Waals surface area contributed by atoms with Gasteiger partial charge in [0.15, 0.2) is 5.79 Å². The number of benzene rings is 4. The Labute approximate surface area is 248 Å². The van der Waals surface area contributed by atoms with Crippen LogP contribution in [-0.2, 0) is 35.4 Å². The van der Waals surface area contributed by atoms with Gasteiger partial charge in [0.1, 0.15) is 24.1 Å². The Hall–Kier alpha value is -3.86. The summed E-state index contributed by atoms with van der Waals surface area (Å²) in [7, 11) is 0. The molecule has 0 aromatic heterocycles. The van der Waals surface area contributed by atoms with Crippen molar-refractivity contribution in [2.75, 3.05) is 0 Å². The number of ether oxygens (including phenoxy) is 2. The van der Waals surface area contributed by atoms with Crippen molar-refractivity contribution in [3.63, 3.8) is 0 Å². The van der Waals surface area contributed by atoms with Crippen molar-refractivity contribution in [3.05, 3.63) is 143 Å². The van der Waals surface area contributed by atoms with Gasteiger partial charge in [-0.25, -0.2) is 4.39 Å². The summed E-state index contributed by atoms with van der Waals surface area (Å²) in [6.07, 6.45) is 0.946. The molecule has 4 aromatic carbocycles. The number of rotatable bonds is 12. The van der Waals surface area contributed by atoms with Crippen LogP contribution >= 0.6 is 0 Å². The van der Waals surface area contributed by atoms with Crippen LogP contribution in [0.5, 0.6) is 0 Å². The predicted molar refractivity (Wildman–Crippen MR) is 163 cm³/mol. The number of nitrogens with zero attached hydrogens (tertiary/aromatic N) is 1. The van der Waals surface area contributed by atoms with Crippen LogP contribution < -0.4 is 10.6 Å². The molecule has 5 rings (SSSR count). The lowest BCUT2D eigenvalue weighted by atomic mass is 9.91. The Morgan fingerprint density at radius 1 is 0.690 bits per heavy atom. The second-order valence-electron chi connectivity index (χ2n) is 11.3. The van der Waals surface area contributed by atoms with Crippen molar-refractivity contribution in [3.8, 4) is 6.07 Å². The normalized spacial score (nSPS) is 19.2. The molecule has 1 saturated heterocycles. The summed E-state index contributed by atoms with van der Waals surface area (Å²) in [5, 5.41) is 16.8. The standard InChI is InChI=1S/C36H38FN3O2/c1-36(2)41-34(32(21-26-12-6-3-7-13-26)39-24-28-16-10-5-11-17-28)35(42-36)33(22-27-14-8-4-9-15-27)40-25-29-18-19-31(37)30(20-29)23-38/h3-20,32-35,39-40H,21-22,24-25H2,1-2H3/t32-,33-,34+,35+/m1/s1. The van der Waals surface area contributed by atoms with E-state index in [4.69, 9.17) is 9.47 Å². The molecule has 4 atom stereocenters. The first-order chi connectivity index (χ1) is 20.4. The molecular weight excluding hydrogens is 525 g/mol. The van der Waals surface area contributed by atoms with Crippen LogP contribution in [0.1, 0.15) is 41.7 Å². The minimum absolute atomic E-state index is 0.0320. The second kappa shape index (κ2) is 13.9. The summed E-state index contributed by atoms with van der Waals surface area (Å²) in [6.45, 7) is 5.10. The molecule has 6 heteroatoms. The molecule has 2 N–H and O–H groups in total. The number of hydrogen-bond acceptors (Lipinski definition) is 5. The van der Waals surface area contributed by atoms with Crippen LogP contribution in [0.25, 0.3) is 0 Å². The molecule has 4 aromatic rings. The monoisotopic (exact) mass is 563 g/mol. The van der Waals surface area contributed by atoms with E-state index in [1.165, 1.54) is 22.8 Å². The Kier molecular flexibility index (Phi) is 9.78. The first kappa shape index (κ1) is 29.6. The van der Waals surface area contributed by atoms with Gasteiger partial charge in [-0.3, -0.25) is 0 Å². The summed E-state index contributed by atoms with van der Waals surface area (Å²) in [5.74, 6) is -1.29. The van der Waals surface area contributed by atoms with Gasteiger partial charge in [-0.1, -0.05) is 97.1 Å². The lowest BCUT2D eigenvalue weighted by Gasteiger charge is -2.33. The Balaban J connectivity index is 1.44. The summed E-state index contributed by atoms with van der Waals surface area (Å²) in [6, 6.07) is 37.6. The van der Waals surface area contributed by atoms with E-state index in [0.29, 0.717) is 19.5 Å². The maximum absolute atomic E-state index is 14.0. The number of nitrogens with one attached hydrogen (secondary N) is 2. The molecule has 5 nitrogen and oxygen atoms in total. The topological polar surface area (TPSA) is 66.3 Å². The fourth-order valence-electron chi connectivity index (χ4n) is 5.65. The Morgan fingerprint density at radius 3 is 1.62 bits per heavy atom. The van der Waals surface area contributed by atoms with Crippen molar-refractivity contribution in [2.24, 2.45) is 0 Å². The largest absolute Gasteiger partial charge is 0.343 e. The minimum Gasteiger partial charge on any atom is -0.343 e. The van der Waals surface area contributed by atoms with Gasteiger partial charge in [0.05, 0.1) is 5.56 Å². The van der Waals surface area contributed by atoms with Crippen LogP contribution in [0.4, 0.5) is 4.39 Å². The fourth-order valence-corrected chi connectivity index (χ4v) is 5.65. The maximum atomic E-state index is 14.0. The van der Waals surface area contributed by atoms with E-state index in [-0.39, 0.29) is 29.9 Å². The van der Waals surface area contributed by atoms with Gasteiger partial charge in [-0.2, -0.15) is 5.26 Å². The van der Waals surface area contributed by atoms with Gasteiger partial charge < -0.3 is 20.1 Å². The second-order valence-corrected chi connectivity index (χ2v) is 11.3. The van der Waals surface area contributed by atoms with Gasteiger partial charge in [0.2, 0.25) is 0 Å². The molecule has 1 aliphatic heterocycles. The third kappa shape index (κ3) is 7.90. The fraction of sp³-hybridized carbons (Fsp3) is 0.306. The summed E-state index contributed by atoms with van der Waals surface area (Å²) in [5.41, 5.74) is 4.48. The molecule has 42 heavy (non-hydrogen) atoms. The molecule has 0 aliphatic carbocycles. The van der Waals surface area contributed by atoms with Gasteiger partial charge >= 0.3 is 0 Å². The van der Waals surface area contributed by atoms with Gasteiger partial charge in [0, 0.05) is 25.2 Å². The summed E-state index contributed by atoms with van der Waals surface area (Å²) in [4.78, 5) is 0. The molecular formula is C36H38FN3O2. The average Bonchev–Trinajstić information content (AvgIpc) is 3.34. The van der Waals surface area contributed by atoms with E-state index in [0.717, 1.165) is 12.0 Å². The van der Waals surface area contributed by atoms with E-state index < -0.39 is 11.6 Å². The first-order valence-corrected chi connectivity index (χ1v) is 14.5. The van der Waals surface area contributed by atoms with Crippen molar-refractivity contribution < 1.29 is 13.9 Å². The minimum atomic E-state index is -0.779. The van der Waals surface area contributed by atoms with Crippen LogP contribution in [0.3, 0.4) is 0 Å². The number of halogens is 1. The van der Waals surface area contributed by atoms with Crippen LogP contribution in [0.2, 0.25) is 0 Å². The van der Waals surface area contributed by atoms with E-state index in [2.05, 4.69) is 71.3 Å². The molecule has 0 spiro atoms. The predicted octanol–water partition coefficient (Wildman–Crippen LogP) is 6.32. The lowest BCUT2D eigenvalue weighted by molar-refractivity contribution is -0.150. The number of hydrogen-bond donors (Lipinski definition) is 2. The number of nitriles is 1. The first-order valence-electron chi connectivity index (χ1n) is 14.5. The highest BCUT2D eigenvalue weighted by atomic mass is 19.1. The summed E-state index contributed by atoms with van der Waals surface area (Å²) >= 11 is 0. The van der Waals surface area contributed by atoms with Gasteiger partial charge in [-0.15, -0.1) is 0 Å². The highest BCUT2D eigenvalue weighted by molar-refractivity contribution is 5.34. The highest BCUT2D eigenvalue weighted by Crippen LogP contribution is 2.34. The maximum Gasteiger partial charge on any atom is 0.163 e. The molecule has 1 aliphatic rings. The molecule has 0 amide bonds. The molecule has 1 fully saturated rings. The highest BCUT2D eigenvalue weighted by Gasteiger charge is 2.48. The van der Waals surface area contributed by atoms with Crippen molar-refractivity contribution >= 4 is 0 Å². The molecule has 0 bridgehead atoms. The van der Waals surface area contributed by atoms with Crippen molar-refractivity contribution in [2.45, 2.75) is 69.9 Å². The van der Waals surface area contributed by atoms with Crippen molar-refractivity contribution in [1.82, 2.24) is 10.6 Å². The van der Waals surface area contributed by atoms with Crippen LogP contribution in [-0.4, -0.2) is 30.1 Å². The quantitative estimate of drug-likeness (QED) is 0.211. The van der Waals surface area contributed by atoms with Crippen LogP contribution in [0, 0.1) is 17.1 Å². The van der Waals surface area contributed by atoms with E-state index in [9.17, 15) is 9.65 Å². The zero-order chi connectivity index (χ0) is 29.4. The van der Waals surface area contributed by atoms with Gasteiger partial charge in [-0.05, 0) is 61.1 Å². The molecule has 0 unspecified atom stereocenters. The third-order valence-electron chi connectivity index (χ3n) is 7.68. The Morgan fingerprint density at radius 2 is 1.14 bits per heavy atom. The average molecular weight is 564 g/mol. The lowest BCUT2D eigenvalue weighted by Crippen LogP contribution is -2.53. The van der Waals surface area contributed by atoms with Gasteiger partial charge in [0.25, 0.3) is 0 Å². The molecule has 0 radical (unpaired) electrons. The zero-order valence-corrected chi connectivity index (χ0v) is 24.2. The molecule has 216 valence electrons. The Bertz CT molecular complexity index is 1460. The third-order valence-corrected chi connectivity index (χ3v) is 7.68. The van der Waals surface area contributed by atoms with Crippen molar-refractivity contribution in [1.29, 1.82) is 5.26 Å². The van der Waals surface area contributed by atoms with Crippen LogP contribution in [0.15, 0.2) is 109 Å². The van der Waals surface area contributed by atoms with E-state index >= 15 is 0 Å². The molecule has 0 saturated carbocycles. The zero-order valence-electron chi connectivity index (χ0n) is 24.2.